The van der Waals surface area contributed by atoms with E-state index in [9.17, 15) is 9.18 Å². The van der Waals surface area contributed by atoms with Gasteiger partial charge in [0.05, 0.1) is 30.8 Å². The van der Waals surface area contributed by atoms with Crippen LogP contribution in [-0.4, -0.2) is 46.2 Å². The molecule has 0 saturated carbocycles. The number of anilines is 1. The van der Waals surface area contributed by atoms with Crippen molar-refractivity contribution < 1.29 is 13.9 Å². The molecule has 24 heavy (non-hydrogen) atoms. The van der Waals surface area contributed by atoms with Gasteiger partial charge in [-0.05, 0) is 24.6 Å². The third kappa shape index (κ3) is 4.23. The number of rotatable bonds is 5. The van der Waals surface area contributed by atoms with E-state index in [0.717, 1.165) is 0 Å². The Bertz CT molecular complexity index is 685. The van der Waals surface area contributed by atoms with E-state index >= 15 is 0 Å². The highest BCUT2D eigenvalue weighted by Crippen LogP contribution is 2.13. The van der Waals surface area contributed by atoms with E-state index in [4.69, 9.17) is 4.74 Å². The van der Waals surface area contributed by atoms with Gasteiger partial charge in [-0.1, -0.05) is 0 Å². The van der Waals surface area contributed by atoms with Gasteiger partial charge in [0.2, 0.25) is 5.91 Å². The molecule has 126 valence electrons. The summed E-state index contributed by atoms with van der Waals surface area (Å²) in [6.07, 6.45) is 5.13. The molecule has 1 aliphatic heterocycles. The lowest BCUT2D eigenvalue weighted by molar-refractivity contribution is -0.122. The van der Waals surface area contributed by atoms with Crippen molar-refractivity contribution in [2.45, 2.75) is 24.9 Å². The zero-order valence-electron chi connectivity index (χ0n) is 13.0. The minimum atomic E-state index is -0.477. The molecule has 2 aromatic rings. The van der Waals surface area contributed by atoms with Crippen molar-refractivity contribution in [1.82, 2.24) is 20.3 Å². The molecule has 0 aliphatic carbocycles. The van der Waals surface area contributed by atoms with Gasteiger partial charge in [-0.3, -0.25) is 9.78 Å². The number of ether oxygens (including phenoxy) is 1. The van der Waals surface area contributed by atoms with E-state index in [1.165, 1.54) is 24.7 Å². The molecule has 1 aliphatic rings. The second-order valence-corrected chi connectivity index (χ2v) is 5.49. The number of carbonyl (C=O) groups excluding carboxylic acids is 1. The van der Waals surface area contributed by atoms with Crippen molar-refractivity contribution in [3.05, 3.63) is 48.4 Å². The second kappa shape index (κ2) is 7.78. The summed E-state index contributed by atoms with van der Waals surface area (Å²) in [6, 6.07) is 4.29. The smallest absolute Gasteiger partial charge is 0.226 e. The molecule has 2 N–H and O–H groups in total. The van der Waals surface area contributed by atoms with E-state index in [2.05, 4.69) is 25.6 Å². The second-order valence-electron chi connectivity index (χ2n) is 5.49. The number of nitrogens with zero attached hydrogens (tertiary/aromatic N) is 3. The molecule has 3 heterocycles. The highest BCUT2D eigenvalue weighted by Gasteiger charge is 2.27. The van der Waals surface area contributed by atoms with Gasteiger partial charge >= 0.3 is 0 Å². The minimum Gasteiger partial charge on any atom is -0.379 e. The molecule has 0 unspecified atom stereocenters. The Morgan fingerprint density at radius 3 is 3.00 bits per heavy atom. The van der Waals surface area contributed by atoms with Crippen molar-refractivity contribution in [3.8, 4) is 0 Å². The third-order valence-corrected chi connectivity index (χ3v) is 3.78. The zero-order chi connectivity index (χ0) is 16.8. The van der Waals surface area contributed by atoms with Crippen LogP contribution >= 0.6 is 0 Å². The molecule has 0 radical (unpaired) electrons. The number of pyridine rings is 1. The summed E-state index contributed by atoms with van der Waals surface area (Å²) in [5.74, 6) is -0.0835. The van der Waals surface area contributed by atoms with E-state index in [1.54, 1.807) is 12.3 Å². The summed E-state index contributed by atoms with van der Waals surface area (Å²) in [6.45, 7) is 1.01. The van der Waals surface area contributed by atoms with Crippen LogP contribution in [0.25, 0.3) is 0 Å². The molecule has 1 fully saturated rings. The molecule has 3 rings (SSSR count). The summed E-state index contributed by atoms with van der Waals surface area (Å²) >= 11 is 0. The lowest BCUT2D eigenvalue weighted by Gasteiger charge is -2.33. The maximum Gasteiger partial charge on any atom is 0.226 e. The normalized spacial score (nSPS) is 20.4. The lowest BCUT2D eigenvalue weighted by Crippen LogP contribution is -2.52. The van der Waals surface area contributed by atoms with E-state index in [-0.39, 0.29) is 30.1 Å². The molecule has 1 saturated heterocycles. The van der Waals surface area contributed by atoms with Crippen LogP contribution in [0.5, 0.6) is 0 Å². The first kappa shape index (κ1) is 16.3. The van der Waals surface area contributed by atoms with Gasteiger partial charge in [-0.2, -0.15) is 0 Å². The number of amides is 1. The third-order valence-electron chi connectivity index (χ3n) is 3.78. The Morgan fingerprint density at radius 2 is 2.21 bits per heavy atom. The van der Waals surface area contributed by atoms with Crippen LogP contribution in [-0.2, 0) is 16.0 Å². The van der Waals surface area contributed by atoms with E-state index in [0.29, 0.717) is 25.5 Å². The highest BCUT2D eigenvalue weighted by molar-refractivity contribution is 5.78. The van der Waals surface area contributed by atoms with Gasteiger partial charge in [0.1, 0.15) is 18.0 Å². The summed E-state index contributed by atoms with van der Waals surface area (Å²) in [4.78, 5) is 24.1. The van der Waals surface area contributed by atoms with Crippen LogP contribution in [0, 0.1) is 5.82 Å². The fraction of sp³-hybridized carbons (Fsp3) is 0.375. The van der Waals surface area contributed by atoms with Gasteiger partial charge in [0.15, 0.2) is 0 Å². The topological polar surface area (TPSA) is 89.0 Å². The van der Waals surface area contributed by atoms with Crippen molar-refractivity contribution in [1.29, 1.82) is 0 Å². The first-order chi connectivity index (χ1) is 11.7. The molecule has 0 spiro atoms. The molecule has 0 aromatic carbocycles. The number of hydrogen-bond acceptors (Lipinski definition) is 6. The molecular formula is C16H18FN5O2. The van der Waals surface area contributed by atoms with Crippen LogP contribution in [0.15, 0.2) is 36.9 Å². The lowest BCUT2D eigenvalue weighted by atomic mass is 10.0. The maximum absolute atomic E-state index is 13.6. The Hall–Kier alpha value is -2.61. The van der Waals surface area contributed by atoms with Gasteiger partial charge < -0.3 is 15.4 Å². The highest BCUT2D eigenvalue weighted by atomic mass is 19.1. The van der Waals surface area contributed by atoms with E-state index in [1.807, 2.05) is 0 Å². The first-order valence-corrected chi connectivity index (χ1v) is 7.71. The SMILES string of the molecule is O=C(Cc1ncccc1F)N[C@H]1CCOC[C@H]1Nc1ccncn1. The zero-order valence-corrected chi connectivity index (χ0v) is 13.0. The number of halogens is 1. The van der Waals surface area contributed by atoms with Crippen LogP contribution in [0.3, 0.4) is 0 Å². The van der Waals surface area contributed by atoms with Gasteiger partial charge in [-0.25, -0.2) is 14.4 Å². The minimum absolute atomic E-state index is 0.0930. The van der Waals surface area contributed by atoms with Crippen LogP contribution < -0.4 is 10.6 Å². The quantitative estimate of drug-likeness (QED) is 0.848. The van der Waals surface area contributed by atoms with Gasteiger partial charge in [0, 0.05) is 19.0 Å². The monoisotopic (exact) mass is 331 g/mol. The molecule has 1 amide bonds. The average molecular weight is 331 g/mol. The largest absolute Gasteiger partial charge is 0.379 e. The predicted octanol–water partition coefficient (Wildman–Crippen LogP) is 0.939. The molecule has 8 heteroatoms. The Labute approximate surface area is 138 Å². The average Bonchev–Trinajstić information content (AvgIpc) is 2.60. The van der Waals surface area contributed by atoms with Crippen molar-refractivity contribution in [2.24, 2.45) is 0 Å². The standard InChI is InChI=1S/C16H18FN5O2/c17-11-2-1-5-19-13(11)8-16(23)22-12-4-7-24-9-14(12)21-15-3-6-18-10-20-15/h1-3,5-6,10,12,14H,4,7-9H2,(H,22,23)(H,18,20,21)/t12-,14+/m0/s1. The number of carbonyl (C=O) groups is 1. The molecule has 7 nitrogen and oxygen atoms in total. The van der Waals surface area contributed by atoms with Gasteiger partial charge in [0.25, 0.3) is 0 Å². The summed E-state index contributed by atoms with van der Waals surface area (Å²) < 4.78 is 19.1. The van der Waals surface area contributed by atoms with Crippen LogP contribution in [0.1, 0.15) is 12.1 Å². The number of nitrogens with one attached hydrogen (secondary N) is 2. The number of aromatic nitrogens is 3. The number of hydrogen-bond donors (Lipinski definition) is 2. The Kier molecular flexibility index (Phi) is 5.27. The van der Waals surface area contributed by atoms with Gasteiger partial charge in [-0.15, -0.1) is 0 Å². The summed E-state index contributed by atoms with van der Waals surface area (Å²) in [7, 11) is 0. The van der Waals surface area contributed by atoms with Crippen molar-refractivity contribution in [3.63, 3.8) is 0 Å². The van der Waals surface area contributed by atoms with Crippen molar-refractivity contribution >= 4 is 11.7 Å². The van der Waals surface area contributed by atoms with Crippen molar-refractivity contribution in [2.75, 3.05) is 18.5 Å². The molecular weight excluding hydrogens is 313 g/mol. The summed E-state index contributed by atoms with van der Waals surface area (Å²) in [5, 5.41) is 6.16. The maximum atomic E-state index is 13.6. The first-order valence-electron chi connectivity index (χ1n) is 7.71. The molecule has 0 bridgehead atoms. The van der Waals surface area contributed by atoms with Crippen LogP contribution in [0.2, 0.25) is 0 Å². The fourth-order valence-corrected chi connectivity index (χ4v) is 2.58. The fourth-order valence-electron chi connectivity index (χ4n) is 2.58. The Morgan fingerprint density at radius 1 is 1.29 bits per heavy atom. The van der Waals surface area contributed by atoms with E-state index < -0.39 is 5.82 Å². The molecule has 2 atom stereocenters. The van der Waals surface area contributed by atoms with Crippen LogP contribution in [0.4, 0.5) is 10.2 Å². The predicted molar refractivity (Wildman–Crippen MR) is 84.7 cm³/mol. The Balaban J connectivity index is 1.61. The summed E-state index contributed by atoms with van der Waals surface area (Å²) in [5.41, 5.74) is 0.141. The molecule has 2 aromatic heterocycles.